The van der Waals surface area contributed by atoms with Crippen LogP contribution in [0.2, 0.25) is 0 Å². The lowest BCUT2D eigenvalue weighted by Crippen LogP contribution is -2.35. The molecule has 0 atom stereocenters. The van der Waals surface area contributed by atoms with E-state index in [0.717, 1.165) is 28.0 Å². The summed E-state index contributed by atoms with van der Waals surface area (Å²) in [6.07, 6.45) is 1.25. The van der Waals surface area contributed by atoms with Crippen molar-refractivity contribution in [1.82, 2.24) is 4.90 Å². The molecule has 0 radical (unpaired) electrons. The third-order valence-corrected chi connectivity index (χ3v) is 5.08. The molecule has 2 aromatic rings. The summed E-state index contributed by atoms with van der Waals surface area (Å²) >= 11 is 0. The molecule has 2 aliphatic heterocycles. The van der Waals surface area contributed by atoms with E-state index < -0.39 is 11.9 Å². The SMILES string of the molecule is CC(C)(C)OC(=O)N1CC=C(c2cccc(OCc3ccccc3)c2C2OCCO2)C1. The van der Waals surface area contributed by atoms with Gasteiger partial charge in [0.2, 0.25) is 0 Å². The summed E-state index contributed by atoms with van der Waals surface area (Å²) in [7, 11) is 0. The highest BCUT2D eigenvalue weighted by atomic mass is 16.7. The molecule has 0 aromatic heterocycles. The zero-order chi connectivity index (χ0) is 21.8. The second kappa shape index (κ2) is 9.12. The third-order valence-electron chi connectivity index (χ3n) is 5.08. The molecule has 0 unspecified atom stereocenters. The van der Waals surface area contributed by atoms with Crippen LogP contribution in [0.1, 0.15) is 43.8 Å². The fourth-order valence-corrected chi connectivity index (χ4v) is 3.67. The molecule has 6 heteroatoms. The molecular weight excluding hydrogens is 394 g/mol. The molecule has 2 aromatic carbocycles. The number of nitrogens with zero attached hydrogens (tertiary/aromatic N) is 1. The van der Waals surface area contributed by atoms with E-state index in [9.17, 15) is 4.79 Å². The Hall–Kier alpha value is -2.83. The van der Waals surface area contributed by atoms with E-state index in [4.69, 9.17) is 18.9 Å². The van der Waals surface area contributed by atoms with Gasteiger partial charge in [-0.05, 0) is 43.5 Å². The molecule has 6 nitrogen and oxygen atoms in total. The fraction of sp³-hybridized carbons (Fsp3) is 0.400. The van der Waals surface area contributed by atoms with Gasteiger partial charge in [0.15, 0.2) is 6.29 Å². The molecule has 1 fully saturated rings. The van der Waals surface area contributed by atoms with E-state index in [1.807, 2.05) is 69.3 Å². The largest absolute Gasteiger partial charge is 0.488 e. The maximum absolute atomic E-state index is 12.5. The van der Waals surface area contributed by atoms with Crippen LogP contribution in [0.3, 0.4) is 0 Å². The maximum atomic E-state index is 12.5. The van der Waals surface area contributed by atoms with Crippen molar-refractivity contribution in [3.05, 3.63) is 71.3 Å². The van der Waals surface area contributed by atoms with Crippen LogP contribution in [-0.4, -0.2) is 42.9 Å². The lowest BCUT2D eigenvalue weighted by atomic mass is 9.98. The highest BCUT2D eigenvalue weighted by Gasteiger charge is 2.31. The van der Waals surface area contributed by atoms with Gasteiger partial charge >= 0.3 is 6.09 Å². The Labute approximate surface area is 183 Å². The van der Waals surface area contributed by atoms with E-state index in [1.165, 1.54) is 0 Å². The Morgan fingerprint density at radius 2 is 1.81 bits per heavy atom. The van der Waals surface area contributed by atoms with Crippen molar-refractivity contribution in [2.75, 3.05) is 26.3 Å². The molecule has 0 N–H and O–H groups in total. The Bertz CT molecular complexity index is 942. The van der Waals surface area contributed by atoms with Crippen molar-refractivity contribution in [2.24, 2.45) is 0 Å². The van der Waals surface area contributed by atoms with Gasteiger partial charge in [-0.3, -0.25) is 0 Å². The second-order valence-electron chi connectivity index (χ2n) is 8.66. The number of hydrogen-bond donors (Lipinski definition) is 0. The first-order valence-corrected chi connectivity index (χ1v) is 10.6. The number of ether oxygens (including phenoxy) is 4. The Balaban J connectivity index is 1.57. The highest BCUT2D eigenvalue weighted by Crippen LogP contribution is 2.39. The molecule has 2 heterocycles. The van der Waals surface area contributed by atoms with Crippen molar-refractivity contribution in [1.29, 1.82) is 0 Å². The first-order valence-electron chi connectivity index (χ1n) is 10.6. The molecular formula is C25H29NO5. The predicted molar refractivity (Wildman–Crippen MR) is 118 cm³/mol. The number of hydrogen-bond acceptors (Lipinski definition) is 5. The van der Waals surface area contributed by atoms with Gasteiger partial charge in [-0.1, -0.05) is 48.5 Å². The van der Waals surface area contributed by atoms with Crippen LogP contribution < -0.4 is 4.74 Å². The highest BCUT2D eigenvalue weighted by molar-refractivity contribution is 5.79. The number of carbonyl (C=O) groups excluding carboxylic acids is 1. The summed E-state index contributed by atoms with van der Waals surface area (Å²) in [6.45, 7) is 8.12. The van der Waals surface area contributed by atoms with Gasteiger partial charge in [-0.2, -0.15) is 0 Å². The molecule has 0 bridgehead atoms. The van der Waals surface area contributed by atoms with Crippen LogP contribution in [0.15, 0.2) is 54.6 Å². The molecule has 2 aliphatic rings. The average molecular weight is 424 g/mol. The normalized spacial score (nSPS) is 17.0. The van der Waals surface area contributed by atoms with E-state index in [0.29, 0.717) is 32.9 Å². The summed E-state index contributed by atoms with van der Waals surface area (Å²) in [4.78, 5) is 14.2. The second-order valence-corrected chi connectivity index (χ2v) is 8.66. The summed E-state index contributed by atoms with van der Waals surface area (Å²) < 4.78 is 23.4. The summed E-state index contributed by atoms with van der Waals surface area (Å²) in [5, 5.41) is 0. The average Bonchev–Trinajstić information content (AvgIpc) is 3.44. The van der Waals surface area contributed by atoms with E-state index in [1.54, 1.807) is 4.90 Å². The van der Waals surface area contributed by atoms with Crippen molar-refractivity contribution in [3.8, 4) is 5.75 Å². The lowest BCUT2D eigenvalue weighted by molar-refractivity contribution is -0.0460. The van der Waals surface area contributed by atoms with E-state index >= 15 is 0 Å². The Morgan fingerprint density at radius 3 is 2.52 bits per heavy atom. The molecule has 4 rings (SSSR count). The Kier molecular flexibility index (Phi) is 6.30. The summed E-state index contributed by atoms with van der Waals surface area (Å²) in [5.74, 6) is 0.727. The topological polar surface area (TPSA) is 57.2 Å². The minimum absolute atomic E-state index is 0.315. The standard InChI is InChI=1S/C25H29NO5/c1-25(2,3)31-24(27)26-13-12-19(16-26)20-10-7-11-21(22(20)23-28-14-15-29-23)30-17-18-8-5-4-6-9-18/h4-12,23H,13-17H2,1-3H3. The van der Waals surface area contributed by atoms with Gasteiger partial charge in [0.1, 0.15) is 18.0 Å². The fourth-order valence-electron chi connectivity index (χ4n) is 3.67. The minimum Gasteiger partial charge on any atom is -0.488 e. The predicted octanol–water partition coefficient (Wildman–Crippen LogP) is 4.95. The molecule has 1 amide bonds. The molecule has 1 saturated heterocycles. The van der Waals surface area contributed by atoms with Gasteiger partial charge in [0, 0.05) is 13.1 Å². The molecule has 0 aliphatic carbocycles. The molecule has 31 heavy (non-hydrogen) atoms. The smallest absolute Gasteiger partial charge is 0.410 e. The lowest BCUT2D eigenvalue weighted by Gasteiger charge is -2.25. The van der Waals surface area contributed by atoms with Gasteiger partial charge in [0.25, 0.3) is 0 Å². The minimum atomic E-state index is -0.526. The van der Waals surface area contributed by atoms with Crippen LogP contribution in [-0.2, 0) is 20.8 Å². The Morgan fingerprint density at radius 1 is 1.06 bits per heavy atom. The van der Waals surface area contributed by atoms with Crippen LogP contribution >= 0.6 is 0 Å². The molecule has 0 spiro atoms. The van der Waals surface area contributed by atoms with Gasteiger partial charge < -0.3 is 23.8 Å². The van der Waals surface area contributed by atoms with Crippen LogP contribution in [0, 0.1) is 0 Å². The van der Waals surface area contributed by atoms with Crippen molar-refractivity contribution < 1.29 is 23.7 Å². The van der Waals surface area contributed by atoms with Crippen molar-refractivity contribution in [2.45, 2.75) is 39.3 Å². The van der Waals surface area contributed by atoms with Gasteiger partial charge in [-0.15, -0.1) is 0 Å². The molecule has 0 saturated carbocycles. The van der Waals surface area contributed by atoms with E-state index in [-0.39, 0.29) is 6.09 Å². The molecule has 164 valence electrons. The number of amides is 1. The van der Waals surface area contributed by atoms with Crippen molar-refractivity contribution >= 4 is 11.7 Å². The third kappa shape index (κ3) is 5.27. The number of carbonyl (C=O) groups is 1. The first kappa shape index (κ1) is 21.4. The zero-order valence-corrected chi connectivity index (χ0v) is 18.3. The van der Waals surface area contributed by atoms with E-state index in [2.05, 4.69) is 6.08 Å². The van der Waals surface area contributed by atoms with Crippen LogP contribution in [0.4, 0.5) is 4.79 Å². The number of rotatable bonds is 5. The zero-order valence-electron chi connectivity index (χ0n) is 18.3. The summed E-state index contributed by atoms with van der Waals surface area (Å²) in [6, 6.07) is 16.0. The van der Waals surface area contributed by atoms with Gasteiger partial charge in [0.05, 0.1) is 18.8 Å². The van der Waals surface area contributed by atoms with Crippen molar-refractivity contribution in [3.63, 3.8) is 0 Å². The van der Waals surface area contributed by atoms with Crippen LogP contribution in [0.5, 0.6) is 5.75 Å². The first-order chi connectivity index (χ1) is 14.9. The van der Waals surface area contributed by atoms with Crippen LogP contribution in [0.25, 0.3) is 5.57 Å². The van der Waals surface area contributed by atoms with Gasteiger partial charge in [-0.25, -0.2) is 4.79 Å². The maximum Gasteiger partial charge on any atom is 0.410 e. The number of benzene rings is 2. The summed E-state index contributed by atoms with van der Waals surface area (Å²) in [5.41, 5.74) is 3.44. The quantitative estimate of drug-likeness (QED) is 0.681. The monoisotopic (exact) mass is 423 g/mol.